The Kier molecular flexibility index (Phi) is 4.17. The molecule has 0 amide bonds. The van der Waals surface area contributed by atoms with Gasteiger partial charge in [0.2, 0.25) is 0 Å². The molecule has 0 bridgehead atoms. The molecule has 4 rings (SSSR count). The van der Waals surface area contributed by atoms with Crippen LogP contribution in [0.3, 0.4) is 0 Å². The quantitative estimate of drug-likeness (QED) is 0.661. The molecular weight excluding hydrogens is 334 g/mol. The van der Waals surface area contributed by atoms with Crippen LogP contribution in [0.1, 0.15) is 26.6 Å². The molecule has 0 radical (unpaired) electrons. The summed E-state index contributed by atoms with van der Waals surface area (Å²) in [4.78, 5) is 9.39. The highest BCUT2D eigenvalue weighted by atomic mass is 15.4. The van der Waals surface area contributed by atoms with Crippen molar-refractivity contribution in [3.63, 3.8) is 0 Å². The molecule has 1 unspecified atom stereocenters. The zero-order valence-electron chi connectivity index (χ0n) is 17.0. The Morgan fingerprint density at radius 1 is 1.04 bits per heavy atom. The monoisotopic (exact) mass is 362 g/mol. The van der Waals surface area contributed by atoms with Crippen LogP contribution in [0.5, 0.6) is 0 Å². The van der Waals surface area contributed by atoms with E-state index >= 15 is 0 Å². The molecule has 0 spiro atoms. The van der Waals surface area contributed by atoms with E-state index in [0.29, 0.717) is 6.04 Å². The number of benzene rings is 1. The van der Waals surface area contributed by atoms with Gasteiger partial charge < -0.3 is 9.47 Å². The number of nitrogens with zero attached hydrogens (tertiary/aromatic N) is 5. The molecule has 5 nitrogen and oxygen atoms in total. The third kappa shape index (κ3) is 2.60. The van der Waals surface area contributed by atoms with Crippen molar-refractivity contribution in [2.75, 3.05) is 9.80 Å². The van der Waals surface area contributed by atoms with E-state index in [1.807, 2.05) is 13.1 Å². The maximum atomic E-state index is 4.47. The average Bonchev–Trinajstić information content (AvgIpc) is 3.12. The van der Waals surface area contributed by atoms with Gasteiger partial charge in [0.05, 0.1) is 18.9 Å². The minimum atomic E-state index is 0.247. The molecule has 140 valence electrons. The highest BCUT2D eigenvalue weighted by molar-refractivity contribution is 5.82. The lowest BCUT2D eigenvalue weighted by molar-refractivity contribution is -0.647. The summed E-state index contributed by atoms with van der Waals surface area (Å²) in [6, 6.07) is 15.6. The molecule has 0 saturated heterocycles. The second-order valence-electron chi connectivity index (χ2n) is 7.57. The van der Waals surface area contributed by atoms with E-state index in [1.54, 1.807) is 0 Å². The summed E-state index contributed by atoms with van der Waals surface area (Å²) in [7, 11) is 4.21. The van der Waals surface area contributed by atoms with E-state index in [2.05, 4.69) is 101 Å². The van der Waals surface area contributed by atoms with Crippen LogP contribution in [0.15, 0.2) is 48.7 Å². The molecule has 5 heteroatoms. The molecule has 3 heterocycles. The van der Waals surface area contributed by atoms with Gasteiger partial charge in [-0.25, -0.2) is 14.5 Å². The van der Waals surface area contributed by atoms with E-state index in [0.717, 1.165) is 17.2 Å². The summed E-state index contributed by atoms with van der Waals surface area (Å²) >= 11 is 0. The van der Waals surface area contributed by atoms with Gasteiger partial charge in [0.15, 0.2) is 17.5 Å². The summed E-state index contributed by atoms with van der Waals surface area (Å²) in [6.07, 6.45) is 2.20. The third-order valence-corrected chi connectivity index (χ3v) is 5.69. The Balaban J connectivity index is 1.87. The van der Waals surface area contributed by atoms with Gasteiger partial charge in [0, 0.05) is 19.2 Å². The van der Waals surface area contributed by atoms with Crippen LogP contribution < -0.4 is 14.4 Å². The van der Waals surface area contributed by atoms with E-state index < -0.39 is 0 Å². The van der Waals surface area contributed by atoms with E-state index in [9.17, 15) is 0 Å². The number of hydrogen-bond donors (Lipinski definition) is 0. The molecule has 1 atom stereocenters. The third-order valence-electron chi connectivity index (χ3n) is 5.69. The molecule has 3 aromatic rings. The molecule has 1 aliphatic heterocycles. The van der Waals surface area contributed by atoms with Crippen molar-refractivity contribution in [1.29, 1.82) is 0 Å². The smallest absolute Gasteiger partial charge is 0.283 e. The predicted molar refractivity (Wildman–Crippen MR) is 110 cm³/mol. The van der Waals surface area contributed by atoms with Crippen LogP contribution in [-0.4, -0.2) is 21.8 Å². The van der Waals surface area contributed by atoms with Crippen molar-refractivity contribution < 1.29 is 4.57 Å². The van der Waals surface area contributed by atoms with Gasteiger partial charge in [-0.1, -0.05) is 12.1 Å². The maximum Gasteiger partial charge on any atom is 0.283 e. The standard InChI is InChI=1S/C22H28N5/c1-15(2)26-17(4)27(20-11-8-7-10-19(20)26)22-13-9-12-18(25(22)6)21-14-23-16(3)24(21)5/h7-15,17H,1-6H3/q+1. The number of para-hydroxylation sites is 2. The Bertz CT molecular complexity index is 988. The number of anilines is 3. The molecule has 1 aliphatic rings. The fourth-order valence-electron chi connectivity index (χ4n) is 4.25. The van der Waals surface area contributed by atoms with Crippen LogP contribution >= 0.6 is 0 Å². The lowest BCUT2D eigenvalue weighted by Crippen LogP contribution is -2.47. The minimum Gasteiger partial charge on any atom is -0.328 e. The molecule has 1 aromatic carbocycles. The molecule has 2 aromatic heterocycles. The summed E-state index contributed by atoms with van der Waals surface area (Å²) in [5.74, 6) is 2.19. The molecular formula is C22H28N5+. The average molecular weight is 363 g/mol. The number of hydrogen-bond acceptors (Lipinski definition) is 3. The molecule has 0 N–H and O–H groups in total. The number of aromatic nitrogens is 3. The van der Waals surface area contributed by atoms with Crippen molar-refractivity contribution in [2.24, 2.45) is 14.1 Å². The van der Waals surface area contributed by atoms with Crippen LogP contribution in [-0.2, 0) is 14.1 Å². The van der Waals surface area contributed by atoms with Crippen molar-refractivity contribution in [1.82, 2.24) is 9.55 Å². The number of rotatable bonds is 3. The SMILES string of the molecule is Cc1ncc(-c2cccc(N3c4ccccc4N(C(C)C)C3C)[n+]2C)n1C. The highest BCUT2D eigenvalue weighted by Crippen LogP contribution is 2.44. The molecule has 27 heavy (non-hydrogen) atoms. The Morgan fingerprint density at radius 3 is 2.37 bits per heavy atom. The lowest BCUT2D eigenvalue weighted by atomic mass is 10.2. The predicted octanol–water partition coefficient (Wildman–Crippen LogP) is 3.93. The fraction of sp³-hybridized carbons (Fsp3) is 0.364. The minimum absolute atomic E-state index is 0.247. The molecule has 0 fully saturated rings. The summed E-state index contributed by atoms with van der Waals surface area (Å²) in [6.45, 7) is 8.82. The van der Waals surface area contributed by atoms with Crippen LogP contribution in [0.2, 0.25) is 0 Å². The van der Waals surface area contributed by atoms with Gasteiger partial charge in [0.1, 0.15) is 11.5 Å². The second-order valence-corrected chi connectivity index (χ2v) is 7.57. The Labute approximate surface area is 161 Å². The van der Waals surface area contributed by atoms with Gasteiger partial charge >= 0.3 is 0 Å². The number of imidazole rings is 1. The topological polar surface area (TPSA) is 28.2 Å². The number of fused-ring (bicyclic) bond motifs is 1. The second kappa shape index (κ2) is 6.41. The molecule has 0 saturated carbocycles. The maximum absolute atomic E-state index is 4.47. The zero-order valence-corrected chi connectivity index (χ0v) is 17.0. The highest BCUT2D eigenvalue weighted by Gasteiger charge is 2.42. The number of pyridine rings is 1. The first-order valence-corrected chi connectivity index (χ1v) is 9.56. The first-order chi connectivity index (χ1) is 12.9. The summed E-state index contributed by atoms with van der Waals surface area (Å²) < 4.78 is 4.41. The van der Waals surface area contributed by atoms with Crippen LogP contribution in [0.25, 0.3) is 11.4 Å². The first-order valence-electron chi connectivity index (χ1n) is 9.56. The lowest BCUT2D eigenvalue weighted by Gasteiger charge is -2.28. The largest absolute Gasteiger partial charge is 0.328 e. The van der Waals surface area contributed by atoms with Gasteiger partial charge in [-0.15, -0.1) is 0 Å². The van der Waals surface area contributed by atoms with Gasteiger partial charge in [-0.3, -0.25) is 0 Å². The van der Waals surface area contributed by atoms with Crippen LogP contribution in [0.4, 0.5) is 17.2 Å². The van der Waals surface area contributed by atoms with Gasteiger partial charge in [0.25, 0.3) is 5.82 Å². The van der Waals surface area contributed by atoms with Crippen LogP contribution in [0, 0.1) is 6.92 Å². The van der Waals surface area contributed by atoms with Crippen molar-refractivity contribution in [3.8, 4) is 11.4 Å². The van der Waals surface area contributed by atoms with Crippen molar-refractivity contribution in [3.05, 3.63) is 54.5 Å². The first kappa shape index (κ1) is 17.6. The van der Waals surface area contributed by atoms with E-state index in [1.165, 1.54) is 17.2 Å². The van der Waals surface area contributed by atoms with Crippen molar-refractivity contribution >= 4 is 17.2 Å². The fourth-order valence-corrected chi connectivity index (χ4v) is 4.25. The Morgan fingerprint density at radius 2 is 1.74 bits per heavy atom. The van der Waals surface area contributed by atoms with Gasteiger partial charge in [-0.2, -0.15) is 0 Å². The molecule has 0 aliphatic carbocycles. The van der Waals surface area contributed by atoms with E-state index in [-0.39, 0.29) is 6.17 Å². The summed E-state index contributed by atoms with van der Waals surface area (Å²) in [5, 5.41) is 0. The van der Waals surface area contributed by atoms with Gasteiger partial charge in [-0.05, 0) is 52.0 Å². The van der Waals surface area contributed by atoms with E-state index in [4.69, 9.17) is 0 Å². The summed E-state index contributed by atoms with van der Waals surface area (Å²) in [5.41, 5.74) is 4.83. The number of aryl methyl sites for hydroxylation is 1. The Hall–Kier alpha value is -2.82. The van der Waals surface area contributed by atoms with Crippen molar-refractivity contribution in [2.45, 2.75) is 39.9 Å². The normalized spacial score (nSPS) is 16.3. The zero-order chi connectivity index (χ0) is 19.3.